The predicted molar refractivity (Wildman–Crippen MR) is 76.1 cm³/mol. The summed E-state index contributed by atoms with van der Waals surface area (Å²) >= 11 is 0. The van der Waals surface area contributed by atoms with Crippen molar-refractivity contribution in [3.8, 4) is 17.1 Å². The minimum absolute atomic E-state index is 0.0885. The molecule has 3 N–H and O–H groups in total. The molecule has 21 heavy (non-hydrogen) atoms. The van der Waals surface area contributed by atoms with Crippen LogP contribution in [0.5, 0.6) is 5.75 Å². The lowest BCUT2D eigenvalue weighted by Crippen LogP contribution is -2.03. The van der Waals surface area contributed by atoms with Crippen molar-refractivity contribution in [2.75, 3.05) is 0 Å². The average molecular weight is 289 g/mol. The highest BCUT2D eigenvalue weighted by molar-refractivity contribution is 5.81. The topological polar surface area (TPSA) is 63.9 Å². The Hall–Kier alpha value is -2.47. The molecule has 0 amide bonds. The van der Waals surface area contributed by atoms with E-state index in [0.717, 1.165) is 16.6 Å². The Balaban J connectivity index is 2.08. The molecule has 4 nitrogen and oxygen atoms in total. The third kappa shape index (κ3) is 2.71. The number of nitrogens with one attached hydrogen (secondary N) is 1. The van der Waals surface area contributed by atoms with Gasteiger partial charge in [-0.05, 0) is 29.8 Å². The Kier molecular flexibility index (Phi) is 3.53. The zero-order valence-corrected chi connectivity index (χ0v) is 11.0. The fourth-order valence-electron chi connectivity index (χ4n) is 2.17. The van der Waals surface area contributed by atoms with Crippen LogP contribution in [0.3, 0.4) is 0 Å². The normalized spacial score (nSPS) is 11.2. The summed E-state index contributed by atoms with van der Waals surface area (Å²) in [6, 6.07) is 12.2. The molecule has 0 aliphatic rings. The highest BCUT2D eigenvalue weighted by Gasteiger charge is 2.13. The summed E-state index contributed by atoms with van der Waals surface area (Å²) in [5, 5.41) is 0. The number of nitrogens with zero attached hydrogens (tertiary/aromatic N) is 1. The van der Waals surface area contributed by atoms with E-state index in [1.165, 1.54) is 6.07 Å². The molecule has 0 spiro atoms. The summed E-state index contributed by atoms with van der Waals surface area (Å²) in [7, 11) is 0. The Labute approximate surface area is 119 Å². The van der Waals surface area contributed by atoms with Crippen LogP contribution in [-0.2, 0) is 6.54 Å². The second kappa shape index (κ2) is 5.49. The maximum Gasteiger partial charge on any atom is 0.387 e. The van der Waals surface area contributed by atoms with E-state index in [4.69, 9.17) is 5.73 Å². The third-order valence-electron chi connectivity index (χ3n) is 3.14. The largest absolute Gasteiger partial charge is 0.434 e. The number of hydrogen-bond acceptors (Lipinski definition) is 3. The third-order valence-corrected chi connectivity index (χ3v) is 3.14. The maximum atomic E-state index is 12.5. The first-order chi connectivity index (χ1) is 10.2. The molecule has 0 aliphatic carbocycles. The Morgan fingerprint density at radius 2 is 2.00 bits per heavy atom. The van der Waals surface area contributed by atoms with E-state index in [1.807, 2.05) is 18.2 Å². The first-order valence-corrected chi connectivity index (χ1v) is 6.40. The molecule has 0 atom stereocenters. The molecule has 0 bridgehead atoms. The van der Waals surface area contributed by atoms with Crippen molar-refractivity contribution in [3.63, 3.8) is 0 Å². The molecule has 0 fully saturated rings. The molecule has 0 aliphatic heterocycles. The predicted octanol–water partition coefficient (Wildman–Crippen LogP) is 3.29. The van der Waals surface area contributed by atoms with Gasteiger partial charge in [-0.15, -0.1) is 0 Å². The van der Waals surface area contributed by atoms with Gasteiger partial charge < -0.3 is 15.5 Å². The lowest BCUT2D eigenvalue weighted by Gasteiger charge is -2.08. The summed E-state index contributed by atoms with van der Waals surface area (Å²) < 4.78 is 29.4. The maximum absolute atomic E-state index is 12.5. The first-order valence-electron chi connectivity index (χ1n) is 6.40. The number of aromatic amines is 1. The molecular formula is C15H13F2N3O. The van der Waals surface area contributed by atoms with Crippen LogP contribution in [0.1, 0.15) is 5.56 Å². The van der Waals surface area contributed by atoms with Gasteiger partial charge in [0.2, 0.25) is 0 Å². The summed E-state index contributed by atoms with van der Waals surface area (Å²) in [6.07, 6.45) is 0. The van der Waals surface area contributed by atoms with Crippen LogP contribution in [0.25, 0.3) is 22.4 Å². The molecule has 0 radical (unpaired) electrons. The van der Waals surface area contributed by atoms with E-state index >= 15 is 0 Å². The minimum atomic E-state index is -2.88. The number of benzene rings is 2. The molecule has 108 valence electrons. The molecule has 0 saturated heterocycles. The van der Waals surface area contributed by atoms with E-state index in [0.29, 0.717) is 17.9 Å². The van der Waals surface area contributed by atoms with Gasteiger partial charge >= 0.3 is 6.61 Å². The van der Waals surface area contributed by atoms with Gasteiger partial charge in [0.15, 0.2) is 0 Å². The molecule has 3 aromatic rings. The van der Waals surface area contributed by atoms with E-state index < -0.39 is 6.61 Å². The molecular weight excluding hydrogens is 276 g/mol. The van der Waals surface area contributed by atoms with Crippen LogP contribution in [0.2, 0.25) is 0 Å². The van der Waals surface area contributed by atoms with E-state index in [1.54, 1.807) is 18.2 Å². The van der Waals surface area contributed by atoms with Crippen molar-refractivity contribution in [2.45, 2.75) is 13.2 Å². The number of alkyl halides is 2. The number of rotatable bonds is 4. The van der Waals surface area contributed by atoms with Gasteiger partial charge in [0.05, 0.1) is 16.6 Å². The van der Waals surface area contributed by atoms with Crippen LogP contribution >= 0.6 is 0 Å². The Morgan fingerprint density at radius 1 is 1.19 bits per heavy atom. The SMILES string of the molecule is NCc1ccc2nc(-c3ccccc3OC(F)F)[nH]c2c1. The molecule has 3 rings (SSSR count). The second-order valence-electron chi connectivity index (χ2n) is 4.52. The highest BCUT2D eigenvalue weighted by atomic mass is 19.3. The van der Waals surface area contributed by atoms with Crippen molar-refractivity contribution in [1.82, 2.24) is 9.97 Å². The summed E-state index contributed by atoms with van der Waals surface area (Å²) in [5.74, 6) is 0.570. The fraction of sp³-hybridized carbons (Fsp3) is 0.133. The van der Waals surface area contributed by atoms with Gasteiger partial charge in [0.25, 0.3) is 0 Å². The number of fused-ring (bicyclic) bond motifs is 1. The monoisotopic (exact) mass is 289 g/mol. The van der Waals surface area contributed by atoms with E-state index in [9.17, 15) is 8.78 Å². The van der Waals surface area contributed by atoms with Gasteiger partial charge in [0, 0.05) is 6.54 Å². The zero-order valence-electron chi connectivity index (χ0n) is 11.0. The number of halogens is 2. The quantitative estimate of drug-likeness (QED) is 0.774. The fourth-order valence-corrected chi connectivity index (χ4v) is 2.17. The minimum Gasteiger partial charge on any atom is -0.434 e. The highest BCUT2D eigenvalue weighted by Crippen LogP contribution is 2.30. The number of para-hydroxylation sites is 1. The standard InChI is InChI=1S/C15H13F2N3O/c16-15(17)21-13-4-2-1-3-10(13)14-19-11-6-5-9(8-18)7-12(11)20-14/h1-7,15H,8,18H2,(H,19,20). The Morgan fingerprint density at radius 3 is 2.76 bits per heavy atom. The molecule has 1 aromatic heterocycles. The molecule has 2 aromatic carbocycles. The van der Waals surface area contributed by atoms with Crippen LogP contribution in [0, 0.1) is 0 Å². The van der Waals surface area contributed by atoms with E-state index in [-0.39, 0.29) is 5.75 Å². The molecule has 0 saturated carbocycles. The number of ether oxygens (including phenoxy) is 1. The van der Waals surface area contributed by atoms with Crippen LogP contribution < -0.4 is 10.5 Å². The first kappa shape index (κ1) is 13.5. The molecule has 1 heterocycles. The van der Waals surface area contributed by atoms with E-state index in [2.05, 4.69) is 14.7 Å². The van der Waals surface area contributed by atoms with Crippen molar-refractivity contribution >= 4 is 11.0 Å². The number of hydrogen-bond donors (Lipinski definition) is 2. The molecule has 6 heteroatoms. The van der Waals surface area contributed by atoms with Gasteiger partial charge in [-0.1, -0.05) is 18.2 Å². The summed E-state index contributed by atoms with van der Waals surface area (Å²) in [5.41, 5.74) is 8.61. The number of nitrogens with two attached hydrogens (primary N) is 1. The summed E-state index contributed by atoms with van der Waals surface area (Å²) in [4.78, 5) is 7.51. The second-order valence-corrected chi connectivity index (χ2v) is 4.52. The van der Waals surface area contributed by atoms with Crippen molar-refractivity contribution in [1.29, 1.82) is 0 Å². The number of H-pyrrole nitrogens is 1. The Bertz CT molecular complexity index is 770. The van der Waals surface area contributed by atoms with Crippen molar-refractivity contribution in [3.05, 3.63) is 48.0 Å². The summed E-state index contributed by atoms with van der Waals surface area (Å²) in [6.45, 7) is -2.45. The van der Waals surface area contributed by atoms with Crippen LogP contribution in [0.4, 0.5) is 8.78 Å². The lowest BCUT2D eigenvalue weighted by molar-refractivity contribution is -0.0494. The smallest absolute Gasteiger partial charge is 0.387 e. The van der Waals surface area contributed by atoms with Crippen molar-refractivity contribution < 1.29 is 13.5 Å². The number of aromatic nitrogens is 2. The van der Waals surface area contributed by atoms with Crippen LogP contribution in [-0.4, -0.2) is 16.6 Å². The van der Waals surface area contributed by atoms with Gasteiger partial charge in [-0.2, -0.15) is 8.78 Å². The molecule has 0 unspecified atom stereocenters. The number of imidazole rings is 1. The lowest BCUT2D eigenvalue weighted by atomic mass is 10.2. The van der Waals surface area contributed by atoms with Gasteiger partial charge in [-0.25, -0.2) is 4.98 Å². The average Bonchev–Trinajstić information content (AvgIpc) is 2.89. The van der Waals surface area contributed by atoms with Crippen LogP contribution in [0.15, 0.2) is 42.5 Å². The van der Waals surface area contributed by atoms with Crippen molar-refractivity contribution in [2.24, 2.45) is 5.73 Å². The van der Waals surface area contributed by atoms with Gasteiger partial charge in [-0.3, -0.25) is 0 Å². The van der Waals surface area contributed by atoms with Gasteiger partial charge in [0.1, 0.15) is 11.6 Å². The zero-order chi connectivity index (χ0) is 14.8.